The summed E-state index contributed by atoms with van der Waals surface area (Å²) in [6.07, 6.45) is 3.96. The zero-order valence-electron chi connectivity index (χ0n) is 25.0. The molecule has 3 unspecified atom stereocenters. The first-order valence-electron chi connectivity index (χ1n) is 14.8. The third-order valence-corrected chi connectivity index (χ3v) is 9.28. The maximum absolute atomic E-state index is 14.3. The first-order valence-corrected chi connectivity index (χ1v) is 15.8. The Bertz CT molecular complexity index is 1560. The van der Waals surface area contributed by atoms with Gasteiger partial charge >= 0.3 is 0 Å². The molecule has 0 saturated carbocycles. The number of nitrogens with zero attached hydrogens (tertiary/aromatic N) is 3. The summed E-state index contributed by atoms with van der Waals surface area (Å²) >= 11 is -2.79. The quantitative estimate of drug-likeness (QED) is 0.200. The standard InChI is InChI=1S/C32H39N5O6S/c1-42-25-13-12-23-18-24(19-29(43-2)26(23)20-25)37(44(40)41)27-7-6-16-36(32(27)39)28(31(38)35-14-4-3-5-15-35)17-21-8-10-22(11-9-21)30(33)34/h8-13,18-20,27-28H,3-7,14-17H2,1-2H3,(H3,33,34)(H,40,41)/p-1. The monoisotopic (exact) mass is 620 g/mol. The second kappa shape index (κ2) is 13.6. The lowest BCUT2D eigenvalue weighted by atomic mass is 9.96. The second-order valence-corrected chi connectivity index (χ2v) is 12.0. The van der Waals surface area contributed by atoms with E-state index in [1.807, 2.05) is 29.2 Å². The van der Waals surface area contributed by atoms with E-state index in [0.29, 0.717) is 55.2 Å². The largest absolute Gasteiger partial charge is 0.755 e. The number of amides is 2. The summed E-state index contributed by atoms with van der Waals surface area (Å²) in [7, 11) is 3.07. The van der Waals surface area contributed by atoms with Gasteiger partial charge in [0.1, 0.15) is 29.4 Å². The number of amidine groups is 1. The van der Waals surface area contributed by atoms with Gasteiger partial charge in [-0.1, -0.05) is 30.3 Å². The molecule has 0 aliphatic carbocycles. The van der Waals surface area contributed by atoms with Crippen molar-refractivity contribution in [3.63, 3.8) is 0 Å². The lowest BCUT2D eigenvalue weighted by molar-refractivity contribution is -0.148. The topological polar surface area (TPSA) is 152 Å². The fraction of sp³-hybridized carbons (Fsp3) is 0.406. The number of hydrogen-bond acceptors (Lipinski definition) is 7. The summed E-state index contributed by atoms with van der Waals surface area (Å²) in [5, 5.41) is 9.16. The molecule has 0 bridgehead atoms. The van der Waals surface area contributed by atoms with Crippen LogP contribution in [0.4, 0.5) is 5.69 Å². The number of likely N-dealkylation sites (tertiary alicyclic amines) is 2. The molecule has 3 atom stereocenters. The van der Waals surface area contributed by atoms with Crippen LogP contribution in [0.3, 0.4) is 0 Å². The summed E-state index contributed by atoms with van der Waals surface area (Å²) < 4.78 is 37.7. The van der Waals surface area contributed by atoms with Crippen molar-refractivity contribution in [2.75, 3.05) is 38.2 Å². The lowest BCUT2D eigenvalue weighted by Crippen LogP contribution is -2.60. The van der Waals surface area contributed by atoms with Crippen molar-refractivity contribution >= 4 is 45.4 Å². The molecule has 3 aromatic rings. The molecule has 11 nitrogen and oxygen atoms in total. The lowest BCUT2D eigenvalue weighted by Gasteiger charge is -2.43. The summed E-state index contributed by atoms with van der Waals surface area (Å²) in [6.45, 7) is 1.59. The molecule has 2 fully saturated rings. The Kier molecular flexibility index (Phi) is 9.70. The molecule has 12 heteroatoms. The predicted molar refractivity (Wildman–Crippen MR) is 169 cm³/mol. The van der Waals surface area contributed by atoms with Gasteiger partial charge in [0.25, 0.3) is 0 Å². The summed E-state index contributed by atoms with van der Waals surface area (Å²) in [4.78, 5) is 31.6. The maximum atomic E-state index is 14.3. The van der Waals surface area contributed by atoms with Gasteiger partial charge < -0.3 is 29.6 Å². The SMILES string of the molecule is COc1ccc2cc(N(C3CCCN(C(Cc4ccc(C(=N)N)cc4)C(=O)N4CCCCC4)C3=O)S(=O)[O-])cc(OC)c2c1. The number of hydrogen-bond donors (Lipinski definition) is 2. The number of fused-ring (bicyclic) bond motifs is 1. The minimum atomic E-state index is -2.79. The van der Waals surface area contributed by atoms with Gasteiger partial charge in [-0.3, -0.25) is 23.5 Å². The Hall–Kier alpha value is -4.16. The number of benzene rings is 3. The highest BCUT2D eigenvalue weighted by Gasteiger charge is 2.41. The van der Waals surface area contributed by atoms with Crippen molar-refractivity contribution in [1.29, 1.82) is 5.41 Å². The predicted octanol–water partition coefficient (Wildman–Crippen LogP) is 3.36. The average Bonchev–Trinajstić information content (AvgIpc) is 3.04. The van der Waals surface area contributed by atoms with Crippen LogP contribution in [-0.2, 0) is 27.3 Å². The summed E-state index contributed by atoms with van der Waals surface area (Å²) in [5.41, 5.74) is 7.31. The maximum Gasteiger partial charge on any atom is 0.247 e. The van der Waals surface area contributed by atoms with Gasteiger partial charge in [-0.2, -0.15) is 0 Å². The van der Waals surface area contributed by atoms with E-state index in [1.165, 1.54) is 7.11 Å². The van der Waals surface area contributed by atoms with Crippen molar-refractivity contribution in [2.45, 2.75) is 50.6 Å². The number of carbonyl (C=O) groups is 2. The van der Waals surface area contributed by atoms with Gasteiger partial charge in [-0.15, -0.1) is 0 Å². The van der Waals surface area contributed by atoms with E-state index in [9.17, 15) is 18.4 Å². The molecular formula is C32H38N5O6S-. The summed E-state index contributed by atoms with van der Waals surface area (Å²) in [6, 6.07) is 14.0. The van der Waals surface area contributed by atoms with E-state index in [4.69, 9.17) is 20.6 Å². The van der Waals surface area contributed by atoms with E-state index in [1.54, 1.807) is 42.3 Å². The molecule has 44 heavy (non-hydrogen) atoms. The molecular weight excluding hydrogens is 582 g/mol. The number of ether oxygens (including phenoxy) is 2. The Morgan fingerprint density at radius 1 is 1.05 bits per heavy atom. The Balaban J connectivity index is 1.49. The van der Waals surface area contributed by atoms with Crippen molar-refractivity contribution in [3.8, 4) is 11.5 Å². The molecule has 0 radical (unpaired) electrons. The van der Waals surface area contributed by atoms with Crippen molar-refractivity contribution < 1.29 is 27.8 Å². The molecule has 3 N–H and O–H groups in total. The van der Waals surface area contributed by atoms with Crippen LogP contribution in [-0.4, -0.2) is 82.1 Å². The van der Waals surface area contributed by atoms with Crippen LogP contribution in [0.1, 0.15) is 43.2 Å². The third kappa shape index (κ3) is 6.51. The Morgan fingerprint density at radius 2 is 1.77 bits per heavy atom. The molecule has 2 aliphatic heterocycles. The van der Waals surface area contributed by atoms with Crippen LogP contribution < -0.4 is 19.5 Å². The highest BCUT2D eigenvalue weighted by Crippen LogP contribution is 2.36. The Labute approximate surface area is 259 Å². The van der Waals surface area contributed by atoms with E-state index in [0.717, 1.165) is 39.9 Å². The number of rotatable bonds is 10. The van der Waals surface area contributed by atoms with Crippen LogP contribution >= 0.6 is 0 Å². The molecule has 2 saturated heterocycles. The van der Waals surface area contributed by atoms with Crippen molar-refractivity contribution in [3.05, 3.63) is 65.7 Å². The normalized spacial score (nSPS) is 18.5. The van der Waals surface area contributed by atoms with Crippen LogP contribution in [0.5, 0.6) is 11.5 Å². The fourth-order valence-corrected chi connectivity index (χ4v) is 6.87. The first-order chi connectivity index (χ1) is 21.2. The zero-order valence-corrected chi connectivity index (χ0v) is 25.8. The second-order valence-electron chi connectivity index (χ2n) is 11.2. The molecule has 2 heterocycles. The highest BCUT2D eigenvalue weighted by molar-refractivity contribution is 7.80. The van der Waals surface area contributed by atoms with Gasteiger partial charge in [0, 0.05) is 54.3 Å². The smallest absolute Gasteiger partial charge is 0.247 e. The Morgan fingerprint density at radius 3 is 2.41 bits per heavy atom. The van der Waals surface area contributed by atoms with Gasteiger partial charge in [0.2, 0.25) is 11.8 Å². The fourth-order valence-electron chi connectivity index (χ4n) is 6.19. The first kappa shape index (κ1) is 31.3. The molecule has 0 spiro atoms. The molecule has 2 aliphatic rings. The van der Waals surface area contributed by atoms with Gasteiger partial charge in [-0.05, 0) is 61.3 Å². The number of nitrogen functional groups attached to an aromatic ring is 1. The van der Waals surface area contributed by atoms with Crippen molar-refractivity contribution in [2.24, 2.45) is 5.73 Å². The van der Waals surface area contributed by atoms with Gasteiger partial charge in [0.05, 0.1) is 19.9 Å². The highest BCUT2D eigenvalue weighted by atomic mass is 32.2. The van der Waals surface area contributed by atoms with Crippen LogP contribution in [0.25, 0.3) is 10.8 Å². The minimum absolute atomic E-state index is 0.0540. The van der Waals surface area contributed by atoms with Crippen LogP contribution in [0, 0.1) is 5.41 Å². The van der Waals surface area contributed by atoms with Gasteiger partial charge in [0.15, 0.2) is 0 Å². The number of anilines is 1. The molecule has 5 rings (SSSR count). The van der Waals surface area contributed by atoms with E-state index in [-0.39, 0.29) is 18.2 Å². The van der Waals surface area contributed by atoms with Crippen molar-refractivity contribution in [1.82, 2.24) is 9.80 Å². The number of carbonyl (C=O) groups excluding carboxylic acids is 2. The van der Waals surface area contributed by atoms with Crippen LogP contribution in [0.15, 0.2) is 54.6 Å². The molecule has 3 aromatic carbocycles. The molecule has 2 amide bonds. The molecule has 234 valence electrons. The number of methoxy groups -OCH3 is 2. The number of piperidine rings is 2. The minimum Gasteiger partial charge on any atom is -0.755 e. The summed E-state index contributed by atoms with van der Waals surface area (Å²) in [5.74, 6) is 0.475. The third-order valence-electron chi connectivity index (χ3n) is 8.49. The number of nitrogens with one attached hydrogen (secondary N) is 1. The van der Waals surface area contributed by atoms with Crippen LogP contribution in [0.2, 0.25) is 0 Å². The number of nitrogens with two attached hydrogens (primary N) is 1. The van der Waals surface area contributed by atoms with E-state index >= 15 is 0 Å². The average molecular weight is 621 g/mol. The zero-order chi connectivity index (χ0) is 31.4. The van der Waals surface area contributed by atoms with E-state index in [2.05, 4.69) is 0 Å². The molecule has 0 aromatic heterocycles. The van der Waals surface area contributed by atoms with Gasteiger partial charge in [-0.25, -0.2) is 0 Å². The van der Waals surface area contributed by atoms with E-state index < -0.39 is 29.3 Å².